The van der Waals surface area contributed by atoms with E-state index < -0.39 is 0 Å². The Kier molecular flexibility index (Phi) is 3.35. The van der Waals surface area contributed by atoms with Crippen molar-refractivity contribution in [2.45, 2.75) is 30.8 Å². The SMILES string of the molecule is CN1C[C@@H](Nc2ccc(F)cc2)C[C@H]2c3cccc4[nH]cc(c34)C[C@H]21. The maximum atomic E-state index is 13.1. The molecule has 3 nitrogen and oxygen atoms in total. The number of likely N-dealkylation sites (tertiary alicyclic amines) is 1. The van der Waals surface area contributed by atoms with Gasteiger partial charge in [-0.3, -0.25) is 0 Å². The summed E-state index contributed by atoms with van der Waals surface area (Å²) in [6, 6.07) is 14.2. The highest BCUT2D eigenvalue weighted by Gasteiger charge is 2.39. The summed E-state index contributed by atoms with van der Waals surface area (Å²) >= 11 is 0. The van der Waals surface area contributed by atoms with Gasteiger partial charge in [0.2, 0.25) is 0 Å². The van der Waals surface area contributed by atoms with Gasteiger partial charge in [-0.05, 0) is 61.3 Å². The van der Waals surface area contributed by atoms with E-state index in [0.717, 1.165) is 25.1 Å². The number of likely N-dealkylation sites (N-methyl/N-ethyl adjacent to an activating group) is 1. The monoisotopic (exact) mass is 335 g/mol. The number of benzene rings is 2. The van der Waals surface area contributed by atoms with Crippen LogP contribution in [0.1, 0.15) is 23.5 Å². The van der Waals surface area contributed by atoms with E-state index in [0.29, 0.717) is 18.0 Å². The molecule has 0 saturated carbocycles. The Morgan fingerprint density at radius 1 is 1.16 bits per heavy atom. The summed E-state index contributed by atoms with van der Waals surface area (Å²) in [6.07, 6.45) is 4.40. The minimum absolute atomic E-state index is 0.190. The Bertz CT molecular complexity index is 915. The van der Waals surface area contributed by atoms with Gasteiger partial charge in [-0.15, -0.1) is 0 Å². The summed E-state index contributed by atoms with van der Waals surface area (Å²) in [6.45, 7) is 1.01. The highest BCUT2D eigenvalue weighted by Crippen LogP contribution is 2.43. The van der Waals surface area contributed by atoms with Gasteiger partial charge in [-0.25, -0.2) is 4.39 Å². The van der Waals surface area contributed by atoms with Gasteiger partial charge in [-0.2, -0.15) is 0 Å². The molecule has 0 bridgehead atoms. The molecular weight excluding hydrogens is 313 g/mol. The van der Waals surface area contributed by atoms with Crippen LogP contribution in [0.2, 0.25) is 0 Å². The molecule has 2 heterocycles. The number of anilines is 1. The highest BCUT2D eigenvalue weighted by atomic mass is 19.1. The predicted octanol–water partition coefficient (Wildman–Crippen LogP) is 4.13. The zero-order valence-corrected chi connectivity index (χ0v) is 14.3. The number of nitrogens with zero attached hydrogens (tertiary/aromatic N) is 1. The van der Waals surface area contributed by atoms with Crippen molar-refractivity contribution in [1.82, 2.24) is 9.88 Å². The van der Waals surface area contributed by atoms with Crippen LogP contribution in [0.3, 0.4) is 0 Å². The van der Waals surface area contributed by atoms with Crippen LogP contribution in [-0.2, 0) is 6.42 Å². The highest BCUT2D eigenvalue weighted by molar-refractivity contribution is 5.88. The van der Waals surface area contributed by atoms with Gasteiger partial charge in [0.1, 0.15) is 5.82 Å². The minimum atomic E-state index is -0.190. The van der Waals surface area contributed by atoms with Crippen molar-refractivity contribution in [1.29, 1.82) is 0 Å². The van der Waals surface area contributed by atoms with E-state index in [1.54, 1.807) is 0 Å². The van der Waals surface area contributed by atoms with Crippen molar-refractivity contribution in [3.05, 3.63) is 65.6 Å². The van der Waals surface area contributed by atoms with E-state index in [1.807, 2.05) is 12.1 Å². The molecule has 3 aromatic rings. The van der Waals surface area contributed by atoms with Gasteiger partial charge >= 0.3 is 0 Å². The Morgan fingerprint density at radius 3 is 2.84 bits per heavy atom. The average Bonchev–Trinajstić information content (AvgIpc) is 3.03. The summed E-state index contributed by atoms with van der Waals surface area (Å²) in [5, 5.41) is 5.04. The number of aromatic amines is 1. The first-order chi connectivity index (χ1) is 12.2. The fraction of sp³-hybridized carbons (Fsp3) is 0.333. The summed E-state index contributed by atoms with van der Waals surface area (Å²) in [5.41, 5.74) is 5.17. The molecule has 0 spiro atoms. The summed E-state index contributed by atoms with van der Waals surface area (Å²) in [5.74, 6) is 0.342. The van der Waals surface area contributed by atoms with E-state index in [9.17, 15) is 4.39 Å². The molecule has 1 aliphatic carbocycles. The number of hydrogen-bond donors (Lipinski definition) is 2. The third-order valence-corrected chi connectivity index (χ3v) is 5.94. The average molecular weight is 335 g/mol. The third-order valence-electron chi connectivity index (χ3n) is 5.94. The number of halogens is 1. The zero-order valence-electron chi connectivity index (χ0n) is 14.3. The van der Waals surface area contributed by atoms with Crippen LogP contribution in [0.15, 0.2) is 48.7 Å². The first-order valence-corrected chi connectivity index (χ1v) is 9.00. The third kappa shape index (κ3) is 2.44. The summed E-state index contributed by atoms with van der Waals surface area (Å²) in [7, 11) is 2.23. The van der Waals surface area contributed by atoms with Crippen molar-refractivity contribution >= 4 is 16.6 Å². The molecule has 1 aromatic heterocycles. The van der Waals surface area contributed by atoms with Gasteiger partial charge in [-0.1, -0.05) is 12.1 Å². The number of nitrogens with one attached hydrogen (secondary N) is 2. The Hall–Kier alpha value is -2.33. The fourth-order valence-electron chi connectivity index (χ4n) is 4.83. The lowest BCUT2D eigenvalue weighted by atomic mass is 9.74. The topological polar surface area (TPSA) is 31.1 Å². The van der Waals surface area contributed by atoms with Crippen LogP contribution >= 0.6 is 0 Å². The number of rotatable bonds is 2. The van der Waals surface area contributed by atoms with Crippen molar-refractivity contribution < 1.29 is 4.39 Å². The number of aromatic nitrogens is 1. The predicted molar refractivity (Wildman–Crippen MR) is 99.6 cm³/mol. The standard InChI is InChI=1S/C21H22FN3/c1-25-12-16(24-15-7-5-14(22)6-8-15)10-18-17-3-2-4-19-21(17)13(11-23-19)9-20(18)25/h2-8,11,16,18,20,23-24H,9-10,12H2,1H3/t16-,18-,20+/m0/s1. The van der Waals surface area contributed by atoms with Gasteiger partial charge in [0.05, 0.1) is 0 Å². The molecule has 2 aliphatic rings. The number of piperidine rings is 1. The second kappa shape index (κ2) is 5.60. The lowest BCUT2D eigenvalue weighted by Crippen LogP contribution is -2.51. The molecule has 2 N–H and O–H groups in total. The fourth-order valence-corrected chi connectivity index (χ4v) is 4.83. The normalized spacial score (nSPS) is 25.8. The van der Waals surface area contributed by atoms with E-state index >= 15 is 0 Å². The number of H-pyrrole nitrogens is 1. The second-order valence-electron chi connectivity index (χ2n) is 7.49. The van der Waals surface area contributed by atoms with Crippen LogP contribution in [0.4, 0.5) is 10.1 Å². The van der Waals surface area contributed by atoms with Crippen LogP contribution in [-0.4, -0.2) is 35.6 Å². The molecule has 1 fully saturated rings. The Balaban J connectivity index is 1.47. The van der Waals surface area contributed by atoms with Crippen molar-refractivity contribution in [3.63, 3.8) is 0 Å². The smallest absolute Gasteiger partial charge is 0.123 e. The molecule has 0 unspecified atom stereocenters. The molecule has 1 aliphatic heterocycles. The van der Waals surface area contributed by atoms with Crippen molar-refractivity contribution in [2.75, 3.05) is 18.9 Å². The second-order valence-corrected chi connectivity index (χ2v) is 7.49. The van der Waals surface area contributed by atoms with Gasteiger partial charge < -0.3 is 15.2 Å². The Morgan fingerprint density at radius 2 is 2.00 bits per heavy atom. The largest absolute Gasteiger partial charge is 0.381 e. The first-order valence-electron chi connectivity index (χ1n) is 9.00. The van der Waals surface area contributed by atoms with Crippen LogP contribution in [0.25, 0.3) is 10.9 Å². The van der Waals surface area contributed by atoms with E-state index in [-0.39, 0.29) is 5.82 Å². The van der Waals surface area contributed by atoms with Gasteiger partial charge in [0, 0.05) is 47.3 Å². The molecule has 25 heavy (non-hydrogen) atoms. The first kappa shape index (κ1) is 15.0. The quantitative estimate of drug-likeness (QED) is 0.738. The van der Waals surface area contributed by atoms with Crippen molar-refractivity contribution in [3.8, 4) is 0 Å². The molecule has 1 saturated heterocycles. The lowest BCUT2D eigenvalue weighted by molar-refractivity contribution is 0.147. The van der Waals surface area contributed by atoms with Crippen LogP contribution < -0.4 is 5.32 Å². The number of hydrogen-bond acceptors (Lipinski definition) is 2. The van der Waals surface area contributed by atoms with E-state index in [4.69, 9.17) is 0 Å². The molecule has 0 amide bonds. The molecule has 2 aromatic carbocycles. The maximum absolute atomic E-state index is 13.1. The van der Waals surface area contributed by atoms with E-state index in [1.165, 1.54) is 34.2 Å². The van der Waals surface area contributed by atoms with Crippen LogP contribution in [0.5, 0.6) is 0 Å². The summed E-state index contributed by atoms with van der Waals surface area (Å²) < 4.78 is 13.1. The maximum Gasteiger partial charge on any atom is 0.123 e. The molecule has 3 atom stereocenters. The molecular formula is C21H22FN3. The lowest BCUT2D eigenvalue weighted by Gasteiger charge is -2.46. The molecule has 5 rings (SSSR count). The van der Waals surface area contributed by atoms with E-state index in [2.05, 4.69) is 46.6 Å². The molecule has 128 valence electrons. The summed E-state index contributed by atoms with van der Waals surface area (Å²) in [4.78, 5) is 5.92. The van der Waals surface area contributed by atoms with Gasteiger partial charge in [0.15, 0.2) is 0 Å². The molecule has 4 heteroatoms. The van der Waals surface area contributed by atoms with Crippen LogP contribution in [0, 0.1) is 5.82 Å². The Labute approximate surface area is 146 Å². The number of fused-ring (bicyclic) bond motifs is 2. The molecule has 0 radical (unpaired) electrons. The minimum Gasteiger partial charge on any atom is -0.381 e. The zero-order chi connectivity index (χ0) is 17.0. The van der Waals surface area contributed by atoms with Gasteiger partial charge in [0.25, 0.3) is 0 Å². The van der Waals surface area contributed by atoms with Crippen molar-refractivity contribution in [2.24, 2.45) is 0 Å².